The quantitative estimate of drug-likeness (QED) is 0.344. The Bertz CT molecular complexity index is 594. The summed E-state index contributed by atoms with van der Waals surface area (Å²) in [5, 5.41) is 8.70. The molecule has 3 aliphatic rings. The fourth-order valence-electron chi connectivity index (χ4n) is 5.34. The number of ether oxygens (including phenoxy) is 1. The van der Waals surface area contributed by atoms with Crippen molar-refractivity contribution in [3.05, 3.63) is 24.3 Å². The molecule has 0 amide bonds. The van der Waals surface area contributed by atoms with Gasteiger partial charge in [0, 0.05) is 34.6 Å². The third-order valence-electron chi connectivity index (χ3n) is 6.95. The molecule has 0 aromatic heterocycles. The highest BCUT2D eigenvalue weighted by Gasteiger charge is 2.48. The molecule has 2 heterocycles. The molecule has 1 aliphatic carbocycles. The molecule has 1 N–H and O–H groups in total. The first-order chi connectivity index (χ1) is 14.1. The topological polar surface area (TPSA) is 63.6 Å². The van der Waals surface area contributed by atoms with Gasteiger partial charge in [-0.25, -0.2) is 0 Å². The second kappa shape index (κ2) is 12.0. The van der Waals surface area contributed by atoms with Crippen molar-refractivity contribution >= 4 is 16.8 Å². The van der Waals surface area contributed by atoms with E-state index in [0.717, 1.165) is 43.8 Å². The van der Waals surface area contributed by atoms with Crippen LogP contribution in [0.15, 0.2) is 24.3 Å². The van der Waals surface area contributed by atoms with Crippen LogP contribution in [-0.2, 0) is 20.3 Å². The van der Waals surface area contributed by atoms with Crippen LogP contribution in [0, 0.1) is 17.8 Å². The Labute approximate surface area is 178 Å². The molecular formula is C24H38O4S. The highest BCUT2D eigenvalue weighted by Crippen LogP contribution is 2.45. The van der Waals surface area contributed by atoms with Gasteiger partial charge in [0.2, 0.25) is 0 Å². The summed E-state index contributed by atoms with van der Waals surface area (Å²) < 4.78 is 18.8. The fraction of sp³-hybridized carbons (Fsp3) is 0.792. The average molecular weight is 423 g/mol. The lowest BCUT2D eigenvalue weighted by molar-refractivity contribution is -0.137. The normalized spacial score (nSPS) is 31.2. The third-order valence-corrected chi connectivity index (χ3v) is 8.27. The summed E-state index contributed by atoms with van der Waals surface area (Å²) in [6.07, 6.45) is 22.3. The molecule has 2 bridgehead atoms. The maximum Gasteiger partial charge on any atom is 0.303 e. The summed E-state index contributed by atoms with van der Waals surface area (Å²) >= 11 is 0. The number of aliphatic carboxylic acids is 1. The summed E-state index contributed by atoms with van der Waals surface area (Å²) in [4.78, 5) is 10.6. The number of rotatable bonds is 12. The molecule has 2 aliphatic heterocycles. The summed E-state index contributed by atoms with van der Waals surface area (Å²) in [6, 6.07) is 0. The monoisotopic (exact) mass is 422 g/mol. The van der Waals surface area contributed by atoms with Gasteiger partial charge in [-0.15, -0.1) is 0 Å². The number of unbranched alkanes of at least 4 members (excludes halogenated alkanes) is 1. The molecule has 2 saturated heterocycles. The molecular weight excluding hydrogens is 384 g/mol. The van der Waals surface area contributed by atoms with Crippen LogP contribution in [0.3, 0.4) is 0 Å². The lowest BCUT2D eigenvalue weighted by atomic mass is 9.78. The van der Waals surface area contributed by atoms with Crippen molar-refractivity contribution in [2.45, 2.75) is 89.3 Å². The van der Waals surface area contributed by atoms with Crippen molar-refractivity contribution in [2.75, 3.05) is 11.5 Å². The van der Waals surface area contributed by atoms with E-state index in [1.165, 1.54) is 32.1 Å². The predicted octanol–water partition coefficient (Wildman–Crippen LogP) is 5.26. The smallest absolute Gasteiger partial charge is 0.303 e. The Hall–Kier alpha value is -0.940. The van der Waals surface area contributed by atoms with E-state index in [1.54, 1.807) is 0 Å². The van der Waals surface area contributed by atoms with Gasteiger partial charge in [0.05, 0.1) is 12.2 Å². The second-order valence-electron chi connectivity index (χ2n) is 9.10. The highest BCUT2D eigenvalue weighted by molar-refractivity contribution is 7.85. The van der Waals surface area contributed by atoms with Crippen LogP contribution >= 0.6 is 0 Å². The van der Waals surface area contributed by atoms with Crippen molar-refractivity contribution in [1.82, 2.24) is 0 Å². The number of carbonyl (C=O) groups is 1. The predicted molar refractivity (Wildman–Crippen MR) is 118 cm³/mol. The number of carboxylic acids is 1. The van der Waals surface area contributed by atoms with Crippen LogP contribution in [-0.4, -0.2) is 39.0 Å². The Morgan fingerprint density at radius 3 is 2.41 bits per heavy atom. The van der Waals surface area contributed by atoms with Crippen molar-refractivity contribution in [2.24, 2.45) is 17.8 Å². The molecule has 4 nitrogen and oxygen atoms in total. The second-order valence-corrected chi connectivity index (χ2v) is 10.6. The van der Waals surface area contributed by atoms with Crippen LogP contribution < -0.4 is 0 Å². The fourth-order valence-corrected chi connectivity index (χ4v) is 6.72. The standard InChI is InChI=1S/C24H38O4S/c25-24(26)14-7-2-1-6-13-20-21(23-16-15-22(20)28-23)18-29(27)17-9-8-12-19-10-4-3-5-11-19/h1,6,8-9,19-23H,2-5,7,10-18H2,(H,25,26)/b6-1-,9-8?/t20-,21+,22-,23+,29?/m1/s1. The van der Waals surface area contributed by atoms with Crippen molar-refractivity contribution in [3.63, 3.8) is 0 Å². The largest absolute Gasteiger partial charge is 0.481 e. The van der Waals surface area contributed by atoms with Crippen LogP contribution in [0.2, 0.25) is 0 Å². The number of allylic oxidation sites excluding steroid dienone is 3. The molecule has 5 atom stereocenters. The van der Waals surface area contributed by atoms with E-state index in [9.17, 15) is 9.00 Å². The summed E-state index contributed by atoms with van der Waals surface area (Å²) in [5.74, 6) is 2.43. The SMILES string of the molecule is O=C(O)CCC/C=C\C[C@@H]1[C@H](CS(=O)CC=CCC2CCCCC2)[C@@H]2CC[C@H]1O2. The van der Waals surface area contributed by atoms with Crippen LogP contribution in [0.1, 0.15) is 77.0 Å². The van der Waals surface area contributed by atoms with Gasteiger partial charge in [0.15, 0.2) is 0 Å². The lowest BCUT2D eigenvalue weighted by Gasteiger charge is -2.26. The minimum Gasteiger partial charge on any atom is -0.481 e. The van der Waals surface area contributed by atoms with Crippen LogP contribution in [0.25, 0.3) is 0 Å². The molecule has 1 unspecified atom stereocenters. The van der Waals surface area contributed by atoms with E-state index in [0.29, 0.717) is 36.2 Å². The lowest BCUT2D eigenvalue weighted by Crippen LogP contribution is -2.31. The maximum atomic E-state index is 12.7. The number of hydrogen-bond acceptors (Lipinski definition) is 3. The van der Waals surface area contributed by atoms with Gasteiger partial charge in [-0.1, -0.05) is 56.4 Å². The molecule has 0 aromatic carbocycles. The van der Waals surface area contributed by atoms with E-state index in [4.69, 9.17) is 9.84 Å². The van der Waals surface area contributed by atoms with E-state index in [2.05, 4.69) is 24.3 Å². The summed E-state index contributed by atoms with van der Waals surface area (Å²) in [7, 11) is -0.811. The van der Waals surface area contributed by atoms with Gasteiger partial charge in [-0.2, -0.15) is 0 Å². The van der Waals surface area contributed by atoms with E-state index < -0.39 is 16.8 Å². The molecule has 5 heteroatoms. The Morgan fingerprint density at radius 2 is 1.66 bits per heavy atom. The maximum absolute atomic E-state index is 12.7. The Kier molecular flexibility index (Phi) is 9.44. The first-order valence-corrected chi connectivity index (χ1v) is 13.1. The number of carboxylic acid groups (broad SMARTS) is 1. The van der Waals surface area contributed by atoms with Gasteiger partial charge < -0.3 is 9.84 Å². The number of hydrogen-bond donors (Lipinski definition) is 1. The van der Waals surface area contributed by atoms with Crippen molar-refractivity contribution < 1.29 is 18.8 Å². The van der Waals surface area contributed by atoms with Crippen molar-refractivity contribution in [1.29, 1.82) is 0 Å². The average Bonchev–Trinajstić information content (AvgIpc) is 3.31. The first kappa shape index (κ1) is 22.7. The third kappa shape index (κ3) is 7.36. The Morgan fingerprint density at radius 1 is 0.931 bits per heavy atom. The van der Waals surface area contributed by atoms with Gasteiger partial charge in [0.1, 0.15) is 0 Å². The molecule has 1 saturated carbocycles. The molecule has 29 heavy (non-hydrogen) atoms. The molecule has 0 aromatic rings. The summed E-state index contributed by atoms with van der Waals surface area (Å²) in [6.45, 7) is 0. The van der Waals surface area contributed by atoms with E-state index in [1.807, 2.05) is 0 Å². The van der Waals surface area contributed by atoms with Crippen molar-refractivity contribution in [3.8, 4) is 0 Å². The van der Waals surface area contributed by atoms with Gasteiger partial charge in [-0.3, -0.25) is 9.00 Å². The van der Waals surface area contributed by atoms with E-state index >= 15 is 0 Å². The number of fused-ring (bicyclic) bond motifs is 2. The van der Waals surface area contributed by atoms with Crippen LogP contribution in [0.5, 0.6) is 0 Å². The molecule has 3 fully saturated rings. The molecule has 0 radical (unpaired) electrons. The zero-order valence-corrected chi connectivity index (χ0v) is 18.5. The zero-order chi connectivity index (χ0) is 20.5. The van der Waals surface area contributed by atoms with E-state index in [-0.39, 0.29) is 6.42 Å². The minimum atomic E-state index is -0.811. The highest BCUT2D eigenvalue weighted by atomic mass is 32.2. The summed E-state index contributed by atoms with van der Waals surface area (Å²) in [5.41, 5.74) is 0. The Balaban J connectivity index is 1.38. The van der Waals surface area contributed by atoms with Gasteiger partial charge in [0.25, 0.3) is 0 Å². The minimum absolute atomic E-state index is 0.234. The van der Waals surface area contributed by atoms with Gasteiger partial charge in [-0.05, 0) is 50.4 Å². The molecule has 164 valence electrons. The first-order valence-electron chi connectivity index (χ1n) is 11.7. The van der Waals surface area contributed by atoms with Crippen LogP contribution in [0.4, 0.5) is 0 Å². The zero-order valence-electron chi connectivity index (χ0n) is 17.7. The van der Waals surface area contributed by atoms with Gasteiger partial charge >= 0.3 is 5.97 Å². The molecule has 3 rings (SSSR count). The molecule has 0 spiro atoms.